The Morgan fingerprint density at radius 1 is 1.21 bits per heavy atom. The van der Waals surface area contributed by atoms with Crippen molar-refractivity contribution < 1.29 is 0 Å². The van der Waals surface area contributed by atoms with Crippen molar-refractivity contribution in [3.63, 3.8) is 0 Å². The molecule has 0 aliphatic heterocycles. The zero-order valence-corrected chi connectivity index (χ0v) is 13.3. The molecule has 0 amide bonds. The lowest BCUT2D eigenvalue weighted by Gasteiger charge is -2.33. The number of aryl methyl sites for hydroxylation is 1. The number of thiazole rings is 1. The molecular formula is C16H26N2S. The molecule has 0 radical (unpaired) electrons. The van der Waals surface area contributed by atoms with Gasteiger partial charge in [-0.15, -0.1) is 11.3 Å². The fourth-order valence-corrected chi connectivity index (χ4v) is 4.30. The molecule has 1 unspecified atom stereocenters. The zero-order chi connectivity index (χ0) is 13.5. The number of hydrogen-bond donors (Lipinski definition) is 1. The van der Waals surface area contributed by atoms with E-state index in [0.717, 1.165) is 6.04 Å². The van der Waals surface area contributed by atoms with Crippen LogP contribution in [0.4, 0.5) is 0 Å². The fourth-order valence-electron chi connectivity index (χ4n) is 3.28. The lowest BCUT2D eigenvalue weighted by Crippen LogP contribution is -2.43. The Hall–Kier alpha value is -0.410. The van der Waals surface area contributed by atoms with Gasteiger partial charge in [0, 0.05) is 17.1 Å². The molecule has 0 aromatic carbocycles. The third-order valence-electron chi connectivity index (χ3n) is 4.77. The fraction of sp³-hybridized carbons (Fsp3) is 0.812. The molecule has 19 heavy (non-hydrogen) atoms. The summed E-state index contributed by atoms with van der Waals surface area (Å²) in [5.74, 6) is 0. The highest BCUT2D eigenvalue weighted by atomic mass is 32.1. The van der Waals surface area contributed by atoms with Gasteiger partial charge in [-0.2, -0.15) is 0 Å². The zero-order valence-electron chi connectivity index (χ0n) is 12.5. The van der Waals surface area contributed by atoms with Crippen molar-refractivity contribution in [2.45, 2.75) is 77.3 Å². The van der Waals surface area contributed by atoms with Gasteiger partial charge in [0.1, 0.15) is 5.01 Å². The third kappa shape index (κ3) is 3.03. The largest absolute Gasteiger partial charge is 0.303 e. The van der Waals surface area contributed by atoms with Crippen molar-refractivity contribution in [3.8, 4) is 0 Å². The summed E-state index contributed by atoms with van der Waals surface area (Å²) in [7, 11) is 0. The van der Waals surface area contributed by atoms with Gasteiger partial charge in [0.25, 0.3) is 0 Å². The number of aromatic nitrogens is 1. The van der Waals surface area contributed by atoms with Crippen LogP contribution in [-0.2, 0) is 5.54 Å². The molecule has 3 heteroatoms. The molecular weight excluding hydrogens is 252 g/mol. The first kappa shape index (κ1) is 13.6. The molecule has 3 rings (SSSR count). The molecule has 1 N–H and O–H groups in total. The minimum absolute atomic E-state index is 0.174. The highest BCUT2D eigenvalue weighted by molar-refractivity contribution is 7.09. The third-order valence-corrected chi connectivity index (χ3v) is 5.94. The monoisotopic (exact) mass is 278 g/mol. The summed E-state index contributed by atoms with van der Waals surface area (Å²) in [4.78, 5) is 4.83. The van der Waals surface area contributed by atoms with Crippen molar-refractivity contribution >= 4 is 11.3 Å². The van der Waals surface area contributed by atoms with Crippen LogP contribution in [0.2, 0.25) is 0 Å². The highest BCUT2D eigenvalue weighted by Crippen LogP contribution is 2.45. The lowest BCUT2D eigenvalue weighted by molar-refractivity contribution is 0.261. The Kier molecular flexibility index (Phi) is 3.46. The topological polar surface area (TPSA) is 24.9 Å². The molecule has 0 saturated heterocycles. The summed E-state index contributed by atoms with van der Waals surface area (Å²) in [5.41, 5.74) is 1.85. The van der Waals surface area contributed by atoms with E-state index in [4.69, 9.17) is 4.98 Å². The van der Waals surface area contributed by atoms with Gasteiger partial charge in [0.15, 0.2) is 0 Å². The maximum absolute atomic E-state index is 4.83. The van der Waals surface area contributed by atoms with Crippen molar-refractivity contribution in [2.24, 2.45) is 5.41 Å². The second kappa shape index (κ2) is 4.85. The van der Waals surface area contributed by atoms with E-state index in [2.05, 4.69) is 31.5 Å². The van der Waals surface area contributed by atoms with Crippen LogP contribution in [0.1, 0.15) is 69.5 Å². The summed E-state index contributed by atoms with van der Waals surface area (Å²) in [5, 5.41) is 7.51. The second-order valence-corrected chi connectivity index (χ2v) is 8.17. The van der Waals surface area contributed by atoms with E-state index in [1.807, 2.05) is 11.3 Å². The van der Waals surface area contributed by atoms with Crippen molar-refractivity contribution in [3.05, 3.63) is 16.1 Å². The maximum Gasteiger partial charge on any atom is 0.113 e. The van der Waals surface area contributed by atoms with Gasteiger partial charge in [-0.3, -0.25) is 0 Å². The average molecular weight is 278 g/mol. The Morgan fingerprint density at radius 3 is 2.63 bits per heavy atom. The summed E-state index contributed by atoms with van der Waals surface area (Å²) < 4.78 is 0. The van der Waals surface area contributed by atoms with E-state index in [9.17, 15) is 0 Å². The summed E-state index contributed by atoms with van der Waals surface area (Å²) in [6, 6.07) is 0.755. The van der Waals surface area contributed by atoms with Crippen LogP contribution in [0.3, 0.4) is 0 Å². The van der Waals surface area contributed by atoms with E-state index in [1.54, 1.807) is 0 Å². The van der Waals surface area contributed by atoms with Crippen molar-refractivity contribution in [2.75, 3.05) is 0 Å². The van der Waals surface area contributed by atoms with Gasteiger partial charge in [-0.05, 0) is 50.9 Å². The van der Waals surface area contributed by atoms with Crippen LogP contribution in [-0.4, -0.2) is 11.0 Å². The Balaban J connectivity index is 1.87. The molecule has 2 saturated carbocycles. The summed E-state index contributed by atoms with van der Waals surface area (Å²) in [6.07, 6.45) is 9.22. The predicted molar refractivity (Wildman–Crippen MR) is 81.6 cm³/mol. The van der Waals surface area contributed by atoms with Crippen LogP contribution in [0.5, 0.6) is 0 Å². The number of nitrogens with zero attached hydrogens (tertiary/aromatic N) is 1. The molecule has 2 aliphatic carbocycles. The second-order valence-electron chi connectivity index (χ2n) is 7.31. The maximum atomic E-state index is 4.83. The first-order chi connectivity index (χ1) is 8.99. The minimum Gasteiger partial charge on any atom is -0.303 e. The molecule has 0 spiro atoms. The molecule has 106 valence electrons. The minimum atomic E-state index is 0.174. The van der Waals surface area contributed by atoms with E-state index in [0.29, 0.717) is 5.41 Å². The van der Waals surface area contributed by atoms with Gasteiger partial charge >= 0.3 is 0 Å². The Morgan fingerprint density at radius 2 is 2.00 bits per heavy atom. The van der Waals surface area contributed by atoms with Gasteiger partial charge in [-0.25, -0.2) is 4.98 Å². The quantitative estimate of drug-likeness (QED) is 0.829. The van der Waals surface area contributed by atoms with Crippen LogP contribution in [0, 0.1) is 12.3 Å². The van der Waals surface area contributed by atoms with Crippen molar-refractivity contribution in [1.29, 1.82) is 0 Å². The molecule has 1 atom stereocenters. The van der Waals surface area contributed by atoms with Gasteiger partial charge in [-0.1, -0.05) is 20.3 Å². The van der Waals surface area contributed by atoms with E-state index in [1.165, 1.54) is 55.6 Å². The number of rotatable bonds is 3. The number of hydrogen-bond acceptors (Lipinski definition) is 3. The van der Waals surface area contributed by atoms with E-state index >= 15 is 0 Å². The van der Waals surface area contributed by atoms with Gasteiger partial charge < -0.3 is 5.32 Å². The highest BCUT2D eigenvalue weighted by Gasteiger charge is 2.42. The molecule has 2 aliphatic rings. The Labute approximate surface area is 121 Å². The van der Waals surface area contributed by atoms with E-state index < -0.39 is 0 Å². The van der Waals surface area contributed by atoms with Gasteiger partial charge in [0.2, 0.25) is 0 Å². The molecule has 1 heterocycles. The molecule has 1 aromatic rings. The van der Waals surface area contributed by atoms with Gasteiger partial charge in [0.05, 0.1) is 5.54 Å². The molecule has 2 nitrogen and oxygen atoms in total. The smallest absolute Gasteiger partial charge is 0.113 e. The Bertz CT molecular complexity index is 447. The summed E-state index contributed by atoms with van der Waals surface area (Å²) >= 11 is 1.86. The van der Waals surface area contributed by atoms with Crippen LogP contribution >= 0.6 is 11.3 Å². The van der Waals surface area contributed by atoms with Crippen LogP contribution in [0.25, 0.3) is 0 Å². The molecule has 2 fully saturated rings. The van der Waals surface area contributed by atoms with Crippen molar-refractivity contribution in [1.82, 2.24) is 10.3 Å². The molecule has 0 bridgehead atoms. The van der Waals surface area contributed by atoms with Crippen LogP contribution in [0.15, 0.2) is 5.38 Å². The standard InChI is InChI=1S/C16H26N2S/c1-12-11-19-14(17-12)16(18-13-5-6-13)8-4-7-15(2,3)9-10-16/h11,13,18H,4-10H2,1-3H3. The SMILES string of the molecule is Cc1csc(C2(NC3CC3)CCCC(C)(C)CC2)n1. The molecule has 1 aromatic heterocycles. The lowest BCUT2D eigenvalue weighted by atomic mass is 9.83. The normalized spacial score (nSPS) is 31.1. The predicted octanol–water partition coefficient (Wildman–Crippen LogP) is 4.39. The average Bonchev–Trinajstić information content (AvgIpc) is 3.07. The first-order valence-electron chi connectivity index (χ1n) is 7.70. The number of nitrogens with one attached hydrogen (secondary N) is 1. The summed E-state index contributed by atoms with van der Waals surface area (Å²) in [6.45, 7) is 6.96. The van der Waals surface area contributed by atoms with E-state index in [-0.39, 0.29) is 5.54 Å². The first-order valence-corrected chi connectivity index (χ1v) is 8.57. The van der Waals surface area contributed by atoms with Crippen LogP contribution < -0.4 is 5.32 Å².